The van der Waals surface area contributed by atoms with Crippen LogP contribution in [0.15, 0.2) is 30.3 Å². The number of carbonyl (C=O) groups excluding carboxylic acids is 1. The summed E-state index contributed by atoms with van der Waals surface area (Å²) < 4.78 is 22.1. The Kier molecular flexibility index (Phi) is 7.51. The third-order valence-electron chi connectivity index (χ3n) is 6.29. The van der Waals surface area contributed by atoms with Crippen molar-refractivity contribution >= 4 is 6.41 Å². The van der Waals surface area contributed by atoms with Crippen molar-refractivity contribution in [3.63, 3.8) is 0 Å². The highest BCUT2D eigenvalue weighted by atomic mass is 16.5. The molecule has 1 fully saturated rings. The monoisotopic (exact) mass is 443 g/mol. The van der Waals surface area contributed by atoms with Crippen LogP contribution in [0.25, 0.3) is 11.1 Å². The summed E-state index contributed by atoms with van der Waals surface area (Å²) >= 11 is 0. The zero-order chi connectivity index (χ0) is 23.3. The Labute approximate surface area is 189 Å². The van der Waals surface area contributed by atoms with E-state index in [1.165, 1.54) is 4.90 Å². The van der Waals surface area contributed by atoms with E-state index in [0.29, 0.717) is 42.4 Å². The van der Waals surface area contributed by atoms with Crippen molar-refractivity contribution in [3.05, 3.63) is 35.9 Å². The Bertz CT molecular complexity index is 946. The number of ether oxygens (including phenoxy) is 4. The van der Waals surface area contributed by atoms with Gasteiger partial charge in [0, 0.05) is 13.0 Å². The first-order chi connectivity index (χ1) is 15.4. The van der Waals surface area contributed by atoms with Crippen molar-refractivity contribution in [2.24, 2.45) is 0 Å². The SMILES string of the molecule is CCCC1(O)CC(c2cc(OC)c(OC)cc2-c2ccc(OC)c(OC)c2)CCN1C=O. The van der Waals surface area contributed by atoms with Crippen LogP contribution in [-0.4, -0.2) is 57.1 Å². The van der Waals surface area contributed by atoms with Gasteiger partial charge in [-0.3, -0.25) is 4.79 Å². The molecule has 32 heavy (non-hydrogen) atoms. The van der Waals surface area contributed by atoms with Gasteiger partial charge < -0.3 is 29.0 Å². The number of hydrogen-bond donors (Lipinski definition) is 1. The predicted molar refractivity (Wildman–Crippen MR) is 123 cm³/mol. The molecule has 2 aromatic rings. The van der Waals surface area contributed by atoms with E-state index in [1.807, 2.05) is 37.3 Å². The average molecular weight is 444 g/mol. The van der Waals surface area contributed by atoms with Crippen LogP contribution < -0.4 is 18.9 Å². The normalized spacial score (nSPS) is 20.6. The zero-order valence-electron chi connectivity index (χ0n) is 19.5. The Balaban J connectivity index is 2.14. The van der Waals surface area contributed by atoms with Crippen molar-refractivity contribution in [1.82, 2.24) is 4.90 Å². The van der Waals surface area contributed by atoms with E-state index in [2.05, 4.69) is 0 Å². The number of nitrogens with zero attached hydrogens (tertiary/aromatic N) is 1. The molecule has 2 atom stereocenters. The van der Waals surface area contributed by atoms with Gasteiger partial charge in [0.05, 0.1) is 28.4 Å². The Morgan fingerprint density at radius 2 is 1.62 bits per heavy atom. The van der Waals surface area contributed by atoms with E-state index in [4.69, 9.17) is 18.9 Å². The molecule has 0 saturated carbocycles. The lowest BCUT2D eigenvalue weighted by Crippen LogP contribution is -2.52. The van der Waals surface area contributed by atoms with Gasteiger partial charge in [0.2, 0.25) is 6.41 Å². The lowest BCUT2D eigenvalue weighted by molar-refractivity contribution is -0.160. The first-order valence-electron chi connectivity index (χ1n) is 10.9. The van der Waals surface area contributed by atoms with Gasteiger partial charge >= 0.3 is 0 Å². The molecule has 0 radical (unpaired) electrons. The highest BCUT2D eigenvalue weighted by molar-refractivity contribution is 5.74. The molecule has 1 heterocycles. The van der Waals surface area contributed by atoms with Gasteiger partial charge in [0.1, 0.15) is 5.72 Å². The number of carbonyl (C=O) groups is 1. The summed E-state index contributed by atoms with van der Waals surface area (Å²) in [6.45, 7) is 2.50. The lowest BCUT2D eigenvalue weighted by atomic mass is 9.79. The minimum atomic E-state index is -1.17. The highest BCUT2D eigenvalue weighted by Gasteiger charge is 2.40. The van der Waals surface area contributed by atoms with Crippen LogP contribution in [0.2, 0.25) is 0 Å². The van der Waals surface area contributed by atoms with E-state index < -0.39 is 5.72 Å². The number of likely N-dealkylation sites (tertiary alicyclic amines) is 1. The third kappa shape index (κ3) is 4.48. The molecule has 1 amide bonds. The molecule has 3 rings (SSSR count). The number of hydrogen-bond acceptors (Lipinski definition) is 6. The fourth-order valence-electron chi connectivity index (χ4n) is 4.67. The molecule has 1 saturated heterocycles. The molecular weight excluding hydrogens is 410 g/mol. The maximum atomic E-state index is 11.6. The third-order valence-corrected chi connectivity index (χ3v) is 6.29. The van der Waals surface area contributed by atoms with Gasteiger partial charge in [-0.15, -0.1) is 0 Å². The van der Waals surface area contributed by atoms with E-state index in [1.54, 1.807) is 28.4 Å². The lowest BCUT2D eigenvalue weighted by Gasteiger charge is -2.45. The minimum Gasteiger partial charge on any atom is -0.493 e. The van der Waals surface area contributed by atoms with E-state index >= 15 is 0 Å². The largest absolute Gasteiger partial charge is 0.493 e. The van der Waals surface area contributed by atoms with Gasteiger partial charge in [-0.25, -0.2) is 0 Å². The first-order valence-corrected chi connectivity index (χ1v) is 10.9. The highest BCUT2D eigenvalue weighted by Crippen LogP contribution is 2.46. The predicted octanol–water partition coefficient (Wildman–Crippen LogP) is 4.21. The number of benzene rings is 2. The number of rotatable bonds is 9. The summed E-state index contributed by atoms with van der Waals surface area (Å²) in [5.74, 6) is 2.56. The second kappa shape index (κ2) is 10.1. The van der Waals surface area contributed by atoms with E-state index in [9.17, 15) is 9.90 Å². The number of piperidine rings is 1. The van der Waals surface area contributed by atoms with Crippen molar-refractivity contribution in [2.45, 2.75) is 44.2 Å². The molecule has 2 unspecified atom stereocenters. The average Bonchev–Trinajstić information content (AvgIpc) is 2.82. The molecule has 1 N–H and O–H groups in total. The summed E-state index contributed by atoms with van der Waals surface area (Å²) in [7, 11) is 6.44. The molecule has 7 heteroatoms. The first kappa shape index (κ1) is 23.7. The molecule has 0 aromatic heterocycles. The molecule has 1 aliphatic heterocycles. The number of methoxy groups -OCH3 is 4. The van der Waals surface area contributed by atoms with Gasteiger partial charge in [-0.2, -0.15) is 0 Å². The van der Waals surface area contributed by atoms with Crippen LogP contribution in [0.4, 0.5) is 0 Å². The Morgan fingerprint density at radius 3 is 2.22 bits per heavy atom. The van der Waals surface area contributed by atoms with E-state index in [0.717, 1.165) is 35.9 Å². The second-order valence-corrected chi connectivity index (χ2v) is 8.09. The summed E-state index contributed by atoms with van der Waals surface area (Å²) in [4.78, 5) is 13.1. The maximum Gasteiger partial charge on any atom is 0.211 e. The molecule has 7 nitrogen and oxygen atoms in total. The standard InChI is InChI=1S/C25H33NO6/c1-6-10-25(28)15-18(9-11-26(25)16-27)20-14-24(32-5)23(31-4)13-19(20)17-7-8-21(29-2)22(12-17)30-3/h7-8,12-14,16,18,28H,6,9-11,15H2,1-5H3. The Hall–Kier alpha value is -2.93. The molecular formula is C25H33NO6. The van der Waals surface area contributed by atoms with Gasteiger partial charge in [-0.1, -0.05) is 19.4 Å². The number of amides is 1. The quantitative estimate of drug-likeness (QED) is 0.585. The fourth-order valence-corrected chi connectivity index (χ4v) is 4.67. The fraction of sp³-hybridized carbons (Fsp3) is 0.480. The second-order valence-electron chi connectivity index (χ2n) is 8.09. The van der Waals surface area contributed by atoms with Crippen LogP contribution in [0.5, 0.6) is 23.0 Å². The minimum absolute atomic E-state index is 0.0330. The summed E-state index contributed by atoms with van der Waals surface area (Å²) in [5.41, 5.74) is 1.78. The summed E-state index contributed by atoms with van der Waals surface area (Å²) in [6.07, 6.45) is 3.26. The van der Waals surface area contributed by atoms with Gasteiger partial charge in [0.15, 0.2) is 23.0 Å². The molecule has 174 valence electrons. The number of aliphatic hydroxyl groups is 1. The summed E-state index contributed by atoms with van der Waals surface area (Å²) in [5, 5.41) is 11.3. The molecule has 0 aliphatic carbocycles. The molecule has 0 spiro atoms. The van der Waals surface area contributed by atoms with Crippen molar-refractivity contribution in [1.29, 1.82) is 0 Å². The topological polar surface area (TPSA) is 77.5 Å². The summed E-state index contributed by atoms with van der Waals surface area (Å²) in [6, 6.07) is 9.73. The van der Waals surface area contributed by atoms with Crippen LogP contribution in [0.1, 0.15) is 44.1 Å². The molecule has 2 aromatic carbocycles. The van der Waals surface area contributed by atoms with Gasteiger partial charge in [0.25, 0.3) is 0 Å². The van der Waals surface area contributed by atoms with Gasteiger partial charge in [-0.05, 0) is 59.7 Å². The van der Waals surface area contributed by atoms with Crippen LogP contribution >= 0.6 is 0 Å². The van der Waals surface area contributed by atoms with Crippen molar-refractivity contribution < 1.29 is 28.8 Å². The van der Waals surface area contributed by atoms with Crippen LogP contribution in [0, 0.1) is 0 Å². The van der Waals surface area contributed by atoms with Crippen LogP contribution in [0.3, 0.4) is 0 Å². The molecule has 0 bridgehead atoms. The van der Waals surface area contributed by atoms with E-state index in [-0.39, 0.29) is 5.92 Å². The van der Waals surface area contributed by atoms with Crippen molar-refractivity contribution in [2.75, 3.05) is 35.0 Å². The molecule has 1 aliphatic rings. The maximum absolute atomic E-state index is 11.6. The van der Waals surface area contributed by atoms with Crippen molar-refractivity contribution in [3.8, 4) is 34.1 Å². The Morgan fingerprint density at radius 1 is 1.00 bits per heavy atom. The van der Waals surface area contributed by atoms with Crippen LogP contribution in [-0.2, 0) is 4.79 Å². The zero-order valence-corrected chi connectivity index (χ0v) is 19.5. The smallest absolute Gasteiger partial charge is 0.211 e.